The first kappa shape index (κ1) is 10.0. The minimum Gasteiger partial charge on any atom is -0.424 e. The molecule has 0 amide bonds. The molecule has 0 radical (unpaired) electrons. The molecule has 1 aromatic carbocycles. The molecule has 1 unspecified atom stereocenters. The Kier molecular flexibility index (Phi) is 2.62. The van der Waals surface area contributed by atoms with Crippen LogP contribution >= 0.6 is 0 Å². The Morgan fingerprint density at radius 1 is 1.53 bits per heavy atom. The molecule has 0 saturated heterocycles. The molecule has 0 aliphatic carbocycles. The van der Waals surface area contributed by atoms with Gasteiger partial charge in [0.25, 0.3) is 0 Å². The van der Waals surface area contributed by atoms with Gasteiger partial charge in [-0.25, -0.2) is 0 Å². The smallest absolute Gasteiger partial charge is 0.308 e. The highest BCUT2D eigenvalue weighted by atomic mass is 16.5. The van der Waals surface area contributed by atoms with Gasteiger partial charge in [-0.15, -0.1) is 0 Å². The summed E-state index contributed by atoms with van der Waals surface area (Å²) in [5, 5.41) is 3.36. The number of aryl methyl sites for hydroxylation is 1. The van der Waals surface area contributed by atoms with E-state index in [4.69, 9.17) is 4.74 Å². The van der Waals surface area contributed by atoms with Gasteiger partial charge in [0.1, 0.15) is 0 Å². The molecule has 0 bridgehead atoms. The van der Waals surface area contributed by atoms with Crippen molar-refractivity contribution in [1.82, 2.24) is 0 Å². The molecule has 1 heterocycles. The third kappa shape index (κ3) is 2.12. The highest BCUT2D eigenvalue weighted by molar-refractivity contribution is 5.74. The summed E-state index contributed by atoms with van der Waals surface area (Å²) in [5.74, 6) is 0.370. The van der Waals surface area contributed by atoms with Crippen LogP contribution in [0.25, 0.3) is 0 Å². The molecular formula is C12H15NO2. The average Bonchev–Trinajstić information content (AvgIpc) is 2.18. The van der Waals surface area contributed by atoms with Crippen LogP contribution in [0.1, 0.15) is 25.8 Å². The molecular weight excluding hydrogens is 190 g/mol. The molecule has 1 aliphatic heterocycles. The van der Waals surface area contributed by atoms with Crippen molar-refractivity contribution in [2.45, 2.75) is 32.7 Å². The van der Waals surface area contributed by atoms with E-state index in [0.717, 1.165) is 18.5 Å². The fourth-order valence-electron chi connectivity index (χ4n) is 1.88. The summed E-state index contributed by atoms with van der Waals surface area (Å²) in [4.78, 5) is 10.9. The zero-order chi connectivity index (χ0) is 10.8. The molecule has 2 rings (SSSR count). The van der Waals surface area contributed by atoms with Crippen LogP contribution in [0.4, 0.5) is 5.69 Å². The van der Waals surface area contributed by atoms with Crippen molar-refractivity contribution in [2.24, 2.45) is 0 Å². The molecule has 1 aliphatic rings. The number of hydrogen-bond acceptors (Lipinski definition) is 3. The number of anilines is 1. The molecule has 15 heavy (non-hydrogen) atoms. The summed E-state index contributed by atoms with van der Waals surface area (Å²) in [7, 11) is 0. The highest BCUT2D eigenvalue weighted by Crippen LogP contribution is 2.33. The van der Waals surface area contributed by atoms with Crippen molar-refractivity contribution in [3.8, 4) is 5.75 Å². The molecule has 80 valence electrons. The van der Waals surface area contributed by atoms with Crippen molar-refractivity contribution in [3.05, 3.63) is 23.8 Å². The number of rotatable bonds is 1. The predicted molar refractivity (Wildman–Crippen MR) is 59.2 cm³/mol. The predicted octanol–water partition coefficient (Wildman–Crippen LogP) is 2.36. The summed E-state index contributed by atoms with van der Waals surface area (Å²) in [6.45, 7) is 3.55. The lowest BCUT2D eigenvalue weighted by atomic mass is 9.98. The van der Waals surface area contributed by atoms with Gasteiger partial charge in [-0.05, 0) is 31.4 Å². The molecule has 0 aromatic heterocycles. The number of nitrogens with one attached hydrogen (secondary N) is 1. The molecule has 0 fully saturated rings. The number of para-hydroxylation sites is 1. The summed E-state index contributed by atoms with van der Waals surface area (Å²) in [6.07, 6.45) is 2.16. The summed E-state index contributed by atoms with van der Waals surface area (Å²) >= 11 is 0. The first-order valence-corrected chi connectivity index (χ1v) is 5.23. The van der Waals surface area contributed by atoms with Crippen molar-refractivity contribution >= 4 is 11.7 Å². The summed E-state index contributed by atoms with van der Waals surface area (Å²) < 4.78 is 5.16. The first-order chi connectivity index (χ1) is 7.16. The lowest BCUT2D eigenvalue weighted by Gasteiger charge is -2.25. The topological polar surface area (TPSA) is 38.3 Å². The third-order valence-electron chi connectivity index (χ3n) is 2.60. The Morgan fingerprint density at radius 2 is 2.33 bits per heavy atom. The third-order valence-corrected chi connectivity index (χ3v) is 2.60. The van der Waals surface area contributed by atoms with Crippen LogP contribution in [0, 0.1) is 0 Å². The van der Waals surface area contributed by atoms with Crippen LogP contribution in [-0.2, 0) is 11.2 Å². The summed E-state index contributed by atoms with van der Waals surface area (Å²) in [6, 6.07) is 6.26. The monoisotopic (exact) mass is 205 g/mol. The van der Waals surface area contributed by atoms with E-state index in [1.54, 1.807) is 0 Å². The van der Waals surface area contributed by atoms with Crippen LogP contribution in [0.3, 0.4) is 0 Å². The first-order valence-electron chi connectivity index (χ1n) is 5.23. The fourth-order valence-corrected chi connectivity index (χ4v) is 1.88. The number of fused-ring (bicyclic) bond motifs is 1. The maximum absolute atomic E-state index is 10.9. The Hall–Kier alpha value is -1.51. The van der Waals surface area contributed by atoms with E-state index in [-0.39, 0.29) is 5.97 Å². The Balaban J connectivity index is 2.35. The maximum atomic E-state index is 10.9. The van der Waals surface area contributed by atoms with Crippen molar-refractivity contribution in [1.29, 1.82) is 0 Å². The number of carbonyl (C=O) groups is 1. The van der Waals surface area contributed by atoms with Crippen LogP contribution < -0.4 is 10.1 Å². The SMILES string of the molecule is CC(=O)Oc1cccc2c1NC(C)CC2. The fraction of sp³-hybridized carbons (Fsp3) is 0.417. The molecule has 1 aromatic rings. The van der Waals surface area contributed by atoms with E-state index < -0.39 is 0 Å². The van der Waals surface area contributed by atoms with Gasteiger partial charge in [0.05, 0.1) is 5.69 Å². The standard InChI is InChI=1S/C12H15NO2/c1-8-6-7-10-4-3-5-11(12(10)13-8)15-9(2)14/h3-5,8,13H,6-7H2,1-2H3. The second kappa shape index (κ2) is 3.93. The number of benzene rings is 1. The Morgan fingerprint density at radius 3 is 3.07 bits per heavy atom. The van der Waals surface area contributed by atoms with E-state index in [9.17, 15) is 4.79 Å². The number of carbonyl (C=O) groups excluding carboxylic acids is 1. The lowest BCUT2D eigenvalue weighted by Crippen LogP contribution is -2.22. The van der Waals surface area contributed by atoms with Gasteiger partial charge in [-0.2, -0.15) is 0 Å². The van der Waals surface area contributed by atoms with Gasteiger partial charge in [0.2, 0.25) is 0 Å². The zero-order valence-corrected chi connectivity index (χ0v) is 9.04. The molecule has 3 heteroatoms. The van der Waals surface area contributed by atoms with E-state index in [2.05, 4.69) is 18.3 Å². The molecule has 0 spiro atoms. The van der Waals surface area contributed by atoms with Gasteiger partial charge >= 0.3 is 5.97 Å². The zero-order valence-electron chi connectivity index (χ0n) is 9.04. The second-order valence-electron chi connectivity index (χ2n) is 3.97. The van der Waals surface area contributed by atoms with E-state index in [1.165, 1.54) is 12.5 Å². The normalized spacial score (nSPS) is 18.9. The van der Waals surface area contributed by atoms with Gasteiger partial charge in [0.15, 0.2) is 5.75 Å². The Labute approximate surface area is 89.4 Å². The lowest BCUT2D eigenvalue weighted by molar-refractivity contribution is -0.131. The Bertz CT molecular complexity index is 387. The number of hydrogen-bond donors (Lipinski definition) is 1. The second-order valence-corrected chi connectivity index (χ2v) is 3.97. The van der Waals surface area contributed by atoms with E-state index in [1.807, 2.05) is 12.1 Å². The van der Waals surface area contributed by atoms with Crippen LogP contribution in [0.2, 0.25) is 0 Å². The quantitative estimate of drug-likeness (QED) is 0.565. The molecule has 3 nitrogen and oxygen atoms in total. The molecule has 1 N–H and O–H groups in total. The van der Waals surface area contributed by atoms with Gasteiger partial charge in [0, 0.05) is 13.0 Å². The molecule has 1 atom stereocenters. The van der Waals surface area contributed by atoms with Crippen LogP contribution in [0.15, 0.2) is 18.2 Å². The molecule has 0 saturated carbocycles. The maximum Gasteiger partial charge on any atom is 0.308 e. The van der Waals surface area contributed by atoms with E-state index >= 15 is 0 Å². The largest absolute Gasteiger partial charge is 0.424 e. The van der Waals surface area contributed by atoms with Crippen molar-refractivity contribution in [3.63, 3.8) is 0 Å². The van der Waals surface area contributed by atoms with Gasteiger partial charge in [-0.3, -0.25) is 4.79 Å². The highest BCUT2D eigenvalue weighted by Gasteiger charge is 2.18. The van der Waals surface area contributed by atoms with Crippen molar-refractivity contribution < 1.29 is 9.53 Å². The minimum absolute atomic E-state index is 0.275. The number of ether oxygens (including phenoxy) is 1. The van der Waals surface area contributed by atoms with Crippen LogP contribution in [0.5, 0.6) is 5.75 Å². The van der Waals surface area contributed by atoms with E-state index in [0.29, 0.717) is 11.8 Å². The summed E-state index contributed by atoms with van der Waals surface area (Å²) in [5.41, 5.74) is 2.21. The average molecular weight is 205 g/mol. The minimum atomic E-state index is -0.275. The van der Waals surface area contributed by atoms with Gasteiger partial charge < -0.3 is 10.1 Å². The number of esters is 1. The van der Waals surface area contributed by atoms with Gasteiger partial charge in [-0.1, -0.05) is 12.1 Å². The van der Waals surface area contributed by atoms with Crippen molar-refractivity contribution in [2.75, 3.05) is 5.32 Å². The van der Waals surface area contributed by atoms with Crippen LogP contribution in [-0.4, -0.2) is 12.0 Å².